The quantitative estimate of drug-likeness (QED) is 0.0422. The van der Waals surface area contributed by atoms with Gasteiger partial charge in [0.05, 0.1) is 6.04 Å². The highest BCUT2D eigenvalue weighted by atomic mass is 32.1. The lowest BCUT2D eigenvalue weighted by Crippen LogP contribution is -2.58. The number of carboxylic acids is 1. The Bertz CT molecular complexity index is 989. The van der Waals surface area contributed by atoms with Gasteiger partial charge in [0.1, 0.15) is 18.1 Å². The predicted octanol–water partition coefficient (Wildman–Crippen LogP) is -2.66. The lowest BCUT2D eigenvalue weighted by molar-refractivity contribution is -0.142. The number of primary amides is 1. The first-order chi connectivity index (χ1) is 17.9. The average molecular weight is 553 g/mol. The van der Waals surface area contributed by atoms with E-state index in [4.69, 9.17) is 22.9 Å². The molecule has 4 unspecified atom stereocenters. The third kappa shape index (κ3) is 12.4. The molecule has 15 heteroatoms. The summed E-state index contributed by atoms with van der Waals surface area (Å²) in [7, 11) is 0. The van der Waals surface area contributed by atoms with E-state index in [1.54, 1.807) is 30.3 Å². The zero-order valence-electron chi connectivity index (χ0n) is 20.8. The number of guanidine groups is 1. The Hall–Kier alpha value is -3.85. The Labute approximate surface area is 225 Å². The van der Waals surface area contributed by atoms with E-state index in [9.17, 15) is 29.1 Å². The van der Waals surface area contributed by atoms with Crippen LogP contribution >= 0.6 is 12.6 Å². The summed E-state index contributed by atoms with van der Waals surface area (Å²) in [5.41, 5.74) is 22.1. The average Bonchev–Trinajstić information content (AvgIpc) is 2.86. The fraction of sp³-hybridized carbons (Fsp3) is 0.478. The Morgan fingerprint density at radius 3 is 2.00 bits per heavy atom. The second kappa shape index (κ2) is 16.8. The molecular weight excluding hydrogens is 516 g/mol. The van der Waals surface area contributed by atoms with Crippen molar-refractivity contribution in [1.82, 2.24) is 16.0 Å². The number of aliphatic carboxylic acids is 1. The van der Waals surface area contributed by atoms with Gasteiger partial charge in [0.2, 0.25) is 23.6 Å². The van der Waals surface area contributed by atoms with Crippen molar-refractivity contribution in [2.45, 2.75) is 56.3 Å². The maximum atomic E-state index is 13.1. The summed E-state index contributed by atoms with van der Waals surface area (Å²) in [6.45, 7) is 0.178. The SMILES string of the molecule is NC(=O)CCC(N)C(=O)NC(Cc1ccccc1)C(=O)NC(CS)C(=O)NC(CCCN=C(N)N)C(=O)O. The number of nitrogens with zero attached hydrogens (tertiary/aromatic N) is 1. The highest BCUT2D eigenvalue weighted by Crippen LogP contribution is 2.06. The van der Waals surface area contributed by atoms with Gasteiger partial charge in [-0.05, 0) is 24.8 Å². The smallest absolute Gasteiger partial charge is 0.326 e. The van der Waals surface area contributed by atoms with Crippen molar-refractivity contribution in [2.75, 3.05) is 12.3 Å². The van der Waals surface area contributed by atoms with Crippen LogP contribution in [0.15, 0.2) is 35.3 Å². The van der Waals surface area contributed by atoms with Crippen LogP contribution in [-0.4, -0.2) is 77.1 Å². The second-order valence-electron chi connectivity index (χ2n) is 8.45. The van der Waals surface area contributed by atoms with E-state index in [1.165, 1.54) is 0 Å². The molecule has 14 nitrogen and oxygen atoms in total. The molecule has 0 aliphatic carbocycles. The van der Waals surface area contributed by atoms with Crippen LogP contribution in [0.4, 0.5) is 0 Å². The molecule has 4 amide bonds. The molecule has 0 fully saturated rings. The normalized spacial score (nSPS) is 13.7. The van der Waals surface area contributed by atoms with Crippen LogP contribution in [0.1, 0.15) is 31.2 Å². The minimum Gasteiger partial charge on any atom is -0.480 e. The monoisotopic (exact) mass is 552 g/mol. The third-order valence-electron chi connectivity index (χ3n) is 5.33. The zero-order valence-corrected chi connectivity index (χ0v) is 21.7. The number of carbonyl (C=O) groups excluding carboxylic acids is 4. The van der Waals surface area contributed by atoms with Crippen molar-refractivity contribution in [2.24, 2.45) is 27.9 Å². The number of hydrogen-bond acceptors (Lipinski definition) is 8. The molecular formula is C23H36N8O6S. The molecule has 0 bridgehead atoms. The molecule has 0 radical (unpaired) electrons. The van der Waals surface area contributed by atoms with Gasteiger partial charge in [0.25, 0.3) is 0 Å². The highest BCUT2D eigenvalue weighted by Gasteiger charge is 2.30. The number of hydrogen-bond donors (Lipinski definition) is 9. The first-order valence-electron chi connectivity index (χ1n) is 11.8. The second-order valence-corrected chi connectivity index (χ2v) is 8.82. The first-order valence-corrected chi connectivity index (χ1v) is 12.5. The van der Waals surface area contributed by atoms with Gasteiger partial charge >= 0.3 is 5.97 Å². The molecule has 0 saturated carbocycles. The summed E-state index contributed by atoms with van der Waals surface area (Å²) in [5.74, 6) is -4.34. The van der Waals surface area contributed by atoms with Crippen molar-refractivity contribution in [3.05, 3.63) is 35.9 Å². The van der Waals surface area contributed by atoms with Gasteiger partial charge in [-0.2, -0.15) is 12.6 Å². The van der Waals surface area contributed by atoms with Crippen LogP contribution in [0.25, 0.3) is 0 Å². The summed E-state index contributed by atoms with van der Waals surface area (Å²) >= 11 is 4.11. The van der Waals surface area contributed by atoms with Gasteiger partial charge < -0.3 is 44.0 Å². The number of amides is 4. The fourth-order valence-corrected chi connectivity index (χ4v) is 3.52. The first kappa shape index (κ1) is 32.2. The number of nitrogens with one attached hydrogen (secondary N) is 3. The minimum atomic E-state index is -1.27. The standard InChI is InChI=1S/C23H36N8O6S/c24-14(8-9-18(25)32)19(33)30-16(11-13-5-2-1-3-6-13)20(34)31-17(12-38)21(35)29-15(22(36)37)7-4-10-28-23(26)27/h1-3,5-6,14-17,38H,4,7-12,24H2,(H2,25,32)(H,29,35)(H,30,33)(H,31,34)(H,36,37)(H4,26,27,28). The van der Waals surface area contributed by atoms with Gasteiger partial charge in [0.15, 0.2) is 5.96 Å². The Morgan fingerprint density at radius 2 is 1.45 bits per heavy atom. The molecule has 4 atom stereocenters. The molecule has 1 rings (SSSR count). The van der Waals surface area contributed by atoms with Crippen molar-refractivity contribution >= 4 is 48.2 Å². The summed E-state index contributed by atoms with van der Waals surface area (Å²) in [6, 6.07) is 4.13. The van der Waals surface area contributed by atoms with Gasteiger partial charge in [0, 0.05) is 25.1 Å². The molecule has 12 N–H and O–H groups in total. The fourth-order valence-electron chi connectivity index (χ4n) is 3.27. The highest BCUT2D eigenvalue weighted by molar-refractivity contribution is 7.80. The van der Waals surface area contributed by atoms with Gasteiger partial charge in [-0.1, -0.05) is 30.3 Å². The van der Waals surface area contributed by atoms with Gasteiger partial charge in [-0.25, -0.2) is 4.79 Å². The Morgan fingerprint density at radius 1 is 0.868 bits per heavy atom. The lowest BCUT2D eigenvalue weighted by Gasteiger charge is -2.24. The van der Waals surface area contributed by atoms with Crippen molar-refractivity contribution in [1.29, 1.82) is 0 Å². The third-order valence-corrected chi connectivity index (χ3v) is 5.69. The molecule has 0 aliphatic heterocycles. The van der Waals surface area contributed by atoms with Gasteiger partial charge in [-0.3, -0.25) is 24.2 Å². The largest absolute Gasteiger partial charge is 0.480 e. The van der Waals surface area contributed by atoms with Crippen LogP contribution in [0.5, 0.6) is 0 Å². The molecule has 0 saturated heterocycles. The lowest BCUT2D eigenvalue weighted by atomic mass is 10.0. The number of rotatable bonds is 17. The molecule has 0 spiro atoms. The summed E-state index contributed by atoms with van der Waals surface area (Å²) in [5, 5.41) is 16.9. The van der Waals surface area contributed by atoms with Crippen molar-refractivity contribution < 1.29 is 29.1 Å². The molecule has 210 valence electrons. The van der Waals surface area contributed by atoms with E-state index < -0.39 is 53.8 Å². The minimum absolute atomic E-state index is 0.0116. The zero-order chi connectivity index (χ0) is 28.7. The van der Waals surface area contributed by atoms with Crippen molar-refractivity contribution in [3.63, 3.8) is 0 Å². The van der Waals surface area contributed by atoms with E-state index in [0.717, 1.165) is 5.56 Å². The van der Waals surface area contributed by atoms with E-state index in [0.29, 0.717) is 0 Å². The van der Waals surface area contributed by atoms with Crippen molar-refractivity contribution in [3.8, 4) is 0 Å². The van der Waals surface area contributed by atoms with Gasteiger partial charge in [-0.15, -0.1) is 0 Å². The molecule has 38 heavy (non-hydrogen) atoms. The van der Waals surface area contributed by atoms with Crippen LogP contribution in [-0.2, 0) is 30.4 Å². The van der Waals surface area contributed by atoms with E-state index in [2.05, 4.69) is 33.6 Å². The number of nitrogens with two attached hydrogens (primary N) is 4. The predicted molar refractivity (Wildman–Crippen MR) is 144 cm³/mol. The number of aliphatic imine (C=N–C) groups is 1. The summed E-state index contributed by atoms with van der Waals surface area (Å²) < 4.78 is 0. The molecule has 0 heterocycles. The van der Waals surface area contributed by atoms with E-state index >= 15 is 0 Å². The van der Waals surface area contributed by atoms with Crippen LogP contribution in [0.3, 0.4) is 0 Å². The number of carbonyl (C=O) groups is 5. The summed E-state index contributed by atoms with van der Waals surface area (Å²) in [6.07, 6.45) is 0.282. The van der Waals surface area contributed by atoms with Crippen LogP contribution in [0, 0.1) is 0 Å². The van der Waals surface area contributed by atoms with Crippen LogP contribution < -0.4 is 38.9 Å². The molecule has 0 aliphatic rings. The van der Waals surface area contributed by atoms with E-state index in [1.807, 2.05) is 0 Å². The summed E-state index contributed by atoms with van der Waals surface area (Å²) in [4.78, 5) is 64.9. The Balaban J connectivity index is 2.92. The topological polar surface area (TPSA) is 258 Å². The van der Waals surface area contributed by atoms with Crippen LogP contribution in [0.2, 0.25) is 0 Å². The molecule has 0 aromatic heterocycles. The Kier molecular flexibility index (Phi) is 14.2. The number of carboxylic acid groups (broad SMARTS) is 1. The maximum absolute atomic E-state index is 13.1. The number of benzene rings is 1. The maximum Gasteiger partial charge on any atom is 0.326 e. The number of thiol groups is 1. The van der Waals surface area contributed by atoms with E-state index in [-0.39, 0.29) is 50.4 Å². The molecule has 1 aromatic rings. The molecule has 1 aromatic carbocycles.